The number of aryl methyl sites for hydroxylation is 1. The Hall–Kier alpha value is -1.20. The van der Waals surface area contributed by atoms with Crippen LogP contribution >= 0.6 is 0 Å². The smallest absolute Gasteiger partial charge is 0.133 e. The average molecular weight is 211 g/mol. The van der Waals surface area contributed by atoms with Gasteiger partial charge in [-0.2, -0.15) is 0 Å². The topological polar surface area (TPSA) is 70.3 Å². The molecule has 15 heavy (non-hydrogen) atoms. The zero-order valence-corrected chi connectivity index (χ0v) is 9.19. The molecule has 1 aromatic rings. The summed E-state index contributed by atoms with van der Waals surface area (Å²) in [7, 11) is 1.65. The lowest BCUT2D eigenvalue weighted by atomic mass is 10.3. The predicted molar refractivity (Wildman–Crippen MR) is 57.6 cm³/mol. The fourth-order valence-corrected chi connectivity index (χ4v) is 1.18. The maximum atomic E-state index is 5.60. The first kappa shape index (κ1) is 11.9. The molecule has 0 atom stereocenters. The van der Waals surface area contributed by atoms with E-state index in [1.54, 1.807) is 13.2 Å². The van der Waals surface area contributed by atoms with Gasteiger partial charge in [-0.15, -0.1) is 0 Å². The largest absolute Gasteiger partial charge is 0.384 e. The third kappa shape index (κ3) is 4.71. The van der Waals surface area contributed by atoms with Crippen LogP contribution in [0.1, 0.15) is 11.5 Å². The third-order valence-electron chi connectivity index (χ3n) is 1.82. The second-order valence-corrected chi connectivity index (χ2v) is 3.21. The highest BCUT2D eigenvalue weighted by atomic mass is 16.5. The van der Waals surface area contributed by atoms with Gasteiger partial charge in [0.05, 0.1) is 19.8 Å². The number of rotatable bonds is 6. The van der Waals surface area contributed by atoms with E-state index in [1.165, 1.54) is 0 Å². The molecule has 1 rings (SSSR count). The monoisotopic (exact) mass is 211 g/mol. The van der Waals surface area contributed by atoms with Crippen molar-refractivity contribution in [2.45, 2.75) is 13.3 Å². The van der Waals surface area contributed by atoms with E-state index in [2.05, 4.69) is 9.97 Å². The summed E-state index contributed by atoms with van der Waals surface area (Å²) in [5.41, 5.74) is 6.48. The van der Waals surface area contributed by atoms with E-state index in [4.69, 9.17) is 15.2 Å². The molecular formula is C10H17N3O2. The van der Waals surface area contributed by atoms with Crippen LogP contribution in [0.5, 0.6) is 0 Å². The lowest BCUT2D eigenvalue weighted by Gasteiger charge is -2.04. The molecule has 5 heteroatoms. The van der Waals surface area contributed by atoms with Crippen LogP contribution < -0.4 is 5.73 Å². The molecule has 0 radical (unpaired) electrons. The quantitative estimate of drug-likeness (QED) is 0.697. The van der Waals surface area contributed by atoms with E-state index in [9.17, 15) is 0 Å². The molecule has 0 amide bonds. The van der Waals surface area contributed by atoms with E-state index in [-0.39, 0.29) is 0 Å². The summed E-state index contributed by atoms with van der Waals surface area (Å²) in [4.78, 5) is 8.36. The molecule has 0 fully saturated rings. The Balaban J connectivity index is 2.31. The predicted octanol–water partition coefficient (Wildman–Crippen LogP) is 0.573. The van der Waals surface area contributed by atoms with Gasteiger partial charge in [-0.3, -0.25) is 0 Å². The highest BCUT2D eigenvalue weighted by Crippen LogP contribution is 2.02. The summed E-state index contributed by atoms with van der Waals surface area (Å²) in [6, 6.07) is 1.75. The maximum Gasteiger partial charge on any atom is 0.133 e. The number of ether oxygens (including phenoxy) is 2. The molecular weight excluding hydrogens is 194 g/mol. The zero-order chi connectivity index (χ0) is 11.1. The molecule has 0 aliphatic rings. The first-order valence-electron chi connectivity index (χ1n) is 4.89. The van der Waals surface area contributed by atoms with Gasteiger partial charge in [0, 0.05) is 25.3 Å². The van der Waals surface area contributed by atoms with Crippen molar-refractivity contribution in [3.8, 4) is 0 Å². The summed E-state index contributed by atoms with van der Waals surface area (Å²) < 4.78 is 10.2. The van der Waals surface area contributed by atoms with Crippen molar-refractivity contribution in [2.24, 2.45) is 0 Å². The van der Waals surface area contributed by atoms with Gasteiger partial charge in [-0.05, 0) is 6.92 Å². The van der Waals surface area contributed by atoms with Gasteiger partial charge in [0.25, 0.3) is 0 Å². The molecule has 84 valence electrons. The van der Waals surface area contributed by atoms with Gasteiger partial charge in [0.1, 0.15) is 11.6 Å². The van der Waals surface area contributed by atoms with Crippen molar-refractivity contribution >= 4 is 5.82 Å². The number of nitrogens with two attached hydrogens (primary N) is 1. The van der Waals surface area contributed by atoms with Gasteiger partial charge in [-0.1, -0.05) is 0 Å². The van der Waals surface area contributed by atoms with Crippen LogP contribution in [0.25, 0.3) is 0 Å². The van der Waals surface area contributed by atoms with Crippen LogP contribution in [-0.2, 0) is 15.9 Å². The second-order valence-electron chi connectivity index (χ2n) is 3.21. The van der Waals surface area contributed by atoms with Gasteiger partial charge >= 0.3 is 0 Å². The molecule has 1 aromatic heterocycles. The van der Waals surface area contributed by atoms with Crippen molar-refractivity contribution < 1.29 is 9.47 Å². The summed E-state index contributed by atoms with van der Waals surface area (Å²) >= 11 is 0. The molecule has 5 nitrogen and oxygen atoms in total. The van der Waals surface area contributed by atoms with Gasteiger partial charge in [0.2, 0.25) is 0 Å². The lowest BCUT2D eigenvalue weighted by molar-refractivity contribution is 0.0716. The van der Waals surface area contributed by atoms with Crippen LogP contribution in [0.15, 0.2) is 6.07 Å². The Kier molecular flexibility index (Phi) is 5.00. The van der Waals surface area contributed by atoms with Crippen LogP contribution in [0.4, 0.5) is 5.82 Å². The van der Waals surface area contributed by atoms with Gasteiger partial charge in [-0.25, -0.2) is 9.97 Å². The van der Waals surface area contributed by atoms with Gasteiger partial charge in [0.15, 0.2) is 0 Å². The first-order chi connectivity index (χ1) is 7.22. The van der Waals surface area contributed by atoms with Crippen LogP contribution in [-0.4, -0.2) is 36.9 Å². The van der Waals surface area contributed by atoms with Crippen LogP contribution in [0.2, 0.25) is 0 Å². The SMILES string of the molecule is COCCOCCc1nc(C)cc(N)n1. The maximum absolute atomic E-state index is 5.60. The Morgan fingerprint density at radius 2 is 2.07 bits per heavy atom. The van der Waals surface area contributed by atoms with E-state index in [0.717, 1.165) is 11.5 Å². The summed E-state index contributed by atoms with van der Waals surface area (Å²) in [6.07, 6.45) is 0.676. The summed E-state index contributed by atoms with van der Waals surface area (Å²) in [6.45, 7) is 3.69. The number of nitrogen functional groups attached to an aromatic ring is 1. The van der Waals surface area contributed by atoms with Crippen molar-refractivity contribution in [1.82, 2.24) is 9.97 Å². The Labute approximate surface area is 89.6 Å². The van der Waals surface area contributed by atoms with Crippen molar-refractivity contribution in [3.05, 3.63) is 17.6 Å². The molecule has 1 heterocycles. The number of hydrogen-bond acceptors (Lipinski definition) is 5. The summed E-state index contributed by atoms with van der Waals surface area (Å²) in [5.74, 6) is 1.24. The zero-order valence-electron chi connectivity index (χ0n) is 9.19. The highest BCUT2D eigenvalue weighted by Gasteiger charge is 1.99. The molecule has 0 saturated carbocycles. The molecule has 0 aliphatic carbocycles. The van der Waals surface area contributed by atoms with E-state index >= 15 is 0 Å². The third-order valence-corrected chi connectivity index (χ3v) is 1.82. The minimum absolute atomic E-state index is 0.509. The fourth-order valence-electron chi connectivity index (χ4n) is 1.18. The van der Waals surface area contributed by atoms with Gasteiger partial charge < -0.3 is 15.2 Å². The molecule has 0 spiro atoms. The number of methoxy groups -OCH3 is 1. The Morgan fingerprint density at radius 3 is 2.73 bits per heavy atom. The molecule has 0 unspecified atom stereocenters. The van der Waals surface area contributed by atoms with E-state index < -0.39 is 0 Å². The average Bonchev–Trinajstić information content (AvgIpc) is 2.16. The van der Waals surface area contributed by atoms with E-state index in [0.29, 0.717) is 32.1 Å². The normalized spacial score (nSPS) is 10.5. The minimum atomic E-state index is 0.509. The van der Waals surface area contributed by atoms with E-state index in [1.807, 2.05) is 6.92 Å². The van der Waals surface area contributed by atoms with Crippen LogP contribution in [0, 0.1) is 6.92 Å². The molecule has 0 saturated heterocycles. The number of nitrogens with zero attached hydrogens (tertiary/aromatic N) is 2. The Morgan fingerprint density at radius 1 is 1.27 bits per heavy atom. The second kappa shape index (κ2) is 6.31. The van der Waals surface area contributed by atoms with Crippen molar-refractivity contribution in [1.29, 1.82) is 0 Å². The lowest BCUT2D eigenvalue weighted by Crippen LogP contribution is -2.08. The number of aromatic nitrogens is 2. The molecule has 0 bridgehead atoms. The van der Waals surface area contributed by atoms with Crippen LogP contribution in [0.3, 0.4) is 0 Å². The molecule has 0 aromatic carbocycles. The summed E-state index contributed by atoms with van der Waals surface area (Å²) in [5, 5.41) is 0. The first-order valence-corrected chi connectivity index (χ1v) is 4.89. The van der Waals surface area contributed by atoms with Crippen molar-refractivity contribution in [3.63, 3.8) is 0 Å². The number of anilines is 1. The highest BCUT2D eigenvalue weighted by molar-refractivity contribution is 5.29. The Bertz CT molecular complexity index is 284. The number of hydrogen-bond donors (Lipinski definition) is 1. The fraction of sp³-hybridized carbons (Fsp3) is 0.600. The standard InChI is InChI=1S/C10H17N3O2/c1-8-7-9(11)13-10(12-8)3-4-15-6-5-14-2/h7H,3-6H2,1-2H3,(H2,11,12,13). The minimum Gasteiger partial charge on any atom is -0.384 e. The molecule has 2 N–H and O–H groups in total. The van der Waals surface area contributed by atoms with Crippen molar-refractivity contribution in [2.75, 3.05) is 32.7 Å². The molecule has 0 aliphatic heterocycles.